The molecule has 1 saturated heterocycles. The van der Waals surface area contributed by atoms with E-state index in [1.54, 1.807) is 13.8 Å². The summed E-state index contributed by atoms with van der Waals surface area (Å²) in [5, 5.41) is 19.8. The number of hydrogen-bond donors (Lipinski definition) is 3. The molecule has 0 saturated carbocycles. The molecule has 2 aliphatic heterocycles. The van der Waals surface area contributed by atoms with Gasteiger partial charge in [-0.05, 0) is 38.0 Å². The zero-order valence-electron chi connectivity index (χ0n) is 16.8. The highest BCUT2D eigenvalue weighted by Crippen LogP contribution is 2.19. The topological polar surface area (TPSA) is 125 Å². The molecular formula is C20H25FN2O7. The Morgan fingerprint density at radius 1 is 1.23 bits per heavy atom. The molecule has 0 unspecified atom stereocenters. The molecule has 1 aromatic carbocycles. The van der Waals surface area contributed by atoms with Crippen molar-refractivity contribution in [2.45, 2.75) is 32.4 Å². The molecule has 2 heterocycles. The van der Waals surface area contributed by atoms with Gasteiger partial charge in [0.1, 0.15) is 24.8 Å². The first-order valence-corrected chi connectivity index (χ1v) is 9.35. The number of aliphatic hydroxyl groups is 1. The monoisotopic (exact) mass is 424 g/mol. The predicted molar refractivity (Wildman–Crippen MR) is 103 cm³/mol. The summed E-state index contributed by atoms with van der Waals surface area (Å²) in [4.78, 5) is 35.0. The van der Waals surface area contributed by atoms with Crippen molar-refractivity contribution in [1.82, 2.24) is 10.2 Å². The Morgan fingerprint density at radius 3 is 2.57 bits per heavy atom. The lowest BCUT2D eigenvalue weighted by Crippen LogP contribution is -2.54. The summed E-state index contributed by atoms with van der Waals surface area (Å²) in [7, 11) is 0. The third-order valence-corrected chi connectivity index (χ3v) is 4.66. The molecule has 10 heteroatoms. The molecule has 0 aliphatic carbocycles. The van der Waals surface area contributed by atoms with Crippen molar-refractivity contribution < 1.29 is 38.5 Å². The van der Waals surface area contributed by atoms with Gasteiger partial charge in [-0.1, -0.05) is 6.07 Å². The highest BCUT2D eigenvalue weighted by Gasteiger charge is 2.32. The van der Waals surface area contributed by atoms with Crippen LogP contribution in [0.1, 0.15) is 29.3 Å². The van der Waals surface area contributed by atoms with Crippen LogP contribution in [0.3, 0.4) is 0 Å². The standard InChI is InChI=1S/C19H23FN2O5.CH2O2/c1-11-3-4-13(20)7-16(11)19(25)22-9-14(8-15(23)10-22)21-18(24)17-12(2)26-5-6-27-17;2-1-3/h3-4,7,14-15,23H,5-6,8-10H2,1-2H3,(H,21,24);1H,(H,2,3)/t14-,15+;/m0./s1. The van der Waals surface area contributed by atoms with Gasteiger partial charge in [0, 0.05) is 24.7 Å². The lowest BCUT2D eigenvalue weighted by atomic mass is 10.0. The van der Waals surface area contributed by atoms with Crippen LogP contribution in [-0.2, 0) is 19.1 Å². The van der Waals surface area contributed by atoms with Crippen molar-refractivity contribution in [2.24, 2.45) is 0 Å². The molecule has 164 valence electrons. The van der Waals surface area contributed by atoms with E-state index in [4.69, 9.17) is 19.4 Å². The van der Waals surface area contributed by atoms with Gasteiger partial charge in [-0.25, -0.2) is 4.39 Å². The number of likely N-dealkylation sites (tertiary alicyclic amines) is 1. The molecule has 0 aromatic heterocycles. The van der Waals surface area contributed by atoms with Crippen molar-refractivity contribution >= 4 is 18.3 Å². The Kier molecular flexibility index (Phi) is 8.16. The van der Waals surface area contributed by atoms with Gasteiger partial charge in [-0.3, -0.25) is 14.4 Å². The van der Waals surface area contributed by atoms with Crippen LogP contribution >= 0.6 is 0 Å². The fraction of sp³-hybridized carbons (Fsp3) is 0.450. The minimum absolute atomic E-state index is 0.111. The molecule has 0 spiro atoms. The van der Waals surface area contributed by atoms with E-state index in [1.165, 1.54) is 23.1 Å². The molecule has 2 aliphatic rings. The lowest BCUT2D eigenvalue weighted by molar-refractivity contribution is -0.124. The summed E-state index contributed by atoms with van der Waals surface area (Å²) in [6, 6.07) is 3.57. The second kappa shape index (κ2) is 10.6. The number of nitrogens with one attached hydrogen (secondary N) is 1. The first-order valence-electron chi connectivity index (χ1n) is 9.35. The Bertz CT molecular complexity index is 827. The van der Waals surface area contributed by atoms with Gasteiger partial charge in [-0.15, -0.1) is 0 Å². The van der Waals surface area contributed by atoms with Crippen LogP contribution < -0.4 is 5.32 Å². The molecule has 30 heavy (non-hydrogen) atoms. The van der Waals surface area contributed by atoms with Crippen molar-refractivity contribution in [3.05, 3.63) is 46.7 Å². The van der Waals surface area contributed by atoms with E-state index in [9.17, 15) is 19.1 Å². The largest absolute Gasteiger partial charge is 0.491 e. The average molecular weight is 424 g/mol. The van der Waals surface area contributed by atoms with E-state index in [1.807, 2.05) is 0 Å². The summed E-state index contributed by atoms with van der Waals surface area (Å²) >= 11 is 0. The Morgan fingerprint density at radius 2 is 1.90 bits per heavy atom. The van der Waals surface area contributed by atoms with E-state index >= 15 is 0 Å². The van der Waals surface area contributed by atoms with Crippen LogP contribution in [0.25, 0.3) is 0 Å². The number of benzene rings is 1. The van der Waals surface area contributed by atoms with Crippen molar-refractivity contribution in [1.29, 1.82) is 0 Å². The summed E-state index contributed by atoms with van der Waals surface area (Å²) < 4.78 is 24.2. The van der Waals surface area contributed by atoms with E-state index in [2.05, 4.69) is 5.32 Å². The summed E-state index contributed by atoms with van der Waals surface area (Å²) in [5.74, 6) is -0.805. The zero-order valence-corrected chi connectivity index (χ0v) is 16.8. The second-order valence-electron chi connectivity index (χ2n) is 6.92. The Balaban J connectivity index is 0.00000101. The maximum atomic E-state index is 13.5. The minimum Gasteiger partial charge on any atom is -0.491 e. The quantitative estimate of drug-likeness (QED) is 0.613. The number of halogens is 1. The van der Waals surface area contributed by atoms with Crippen molar-refractivity contribution in [3.63, 3.8) is 0 Å². The van der Waals surface area contributed by atoms with Gasteiger partial charge in [-0.2, -0.15) is 0 Å². The minimum atomic E-state index is -0.791. The van der Waals surface area contributed by atoms with Gasteiger partial charge in [0.15, 0.2) is 0 Å². The molecule has 0 radical (unpaired) electrons. The number of carboxylic acid groups (broad SMARTS) is 1. The highest BCUT2D eigenvalue weighted by molar-refractivity contribution is 5.96. The number of allylic oxidation sites excluding steroid dienone is 1. The van der Waals surface area contributed by atoms with Crippen LogP contribution in [0.5, 0.6) is 0 Å². The van der Waals surface area contributed by atoms with E-state index < -0.39 is 23.9 Å². The second-order valence-corrected chi connectivity index (χ2v) is 6.92. The molecule has 1 aromatic rings. The summed E-state index contributed by atoms with van der Waals surface area (Å²) in [5.41, 5.74) is 0.896. The zero-order chi connectivity index (χ0) is 22.3. The van der Waals surface area contributed by atoms with Gasteiger partial charge >= 0.3 is 0 Å². The number of amides is 2. The average Bonchev–Trinajstić information content (AvgIpc) is 2.69. The number of carbonyl (C=O) groups is 3. The molecule has 2 atom stereocenters. The van der Waals surface area contributed by atoms with Gasteiger partial charge in [0.25, 0.3) is 18.3 Å². The maximum absolute atomic E-state index is 13.5. The van der Waals surface area contributed by atoms with Crippen LogP contribution in [0.2, 0.25) is 0 Å². The van der Waals surface area contributed by atoms with Crippen LogP contribution in [-0.4, -0.2) is 71.8 Å². The van der Waals surface area contributed by atoms with E-state index in [0.29, 0.717) is 24.4 Å². The number of nitrogens with zero attached hydrogens (tertiary/aromatic N) is 1. The molecule has 9 nitrogen and oxygen atoms in total. The fourth-order valence-electron chi connectivity index (χ4n) is 3.32. The number of carbonyl (C=O) groups excluding carboxylic acids is 2. The van der Waals surface area contributed by atoms with Crippen molar-refractivity contribution in [2.75, 3.05) is 26.3 Å². The number of β-amino-alcohol motifs (C(OH)–C–C–N with tert-alkyl or cyclic N) is 1. The Hall–Kier alpha value is -3.14. The first-order chi connectivity index (χ1) is 14.3. The number of piperidine rings is 1. The molecule has 3 N–H and O–H groups in total. The normalized spacial score (nSPS) is 20.9. The molecular weight excluding hydrogens is 399 g/mol. The van der Waals surface area contributed by atoms with Crippen LogP contribution in [0.4, 0.5) is 4.39 Å². The van der Waals surface area contributed by atoms with Crippen LogP contribution in [0.15, 0.2) is 29.7 Å². The SMILES string of the molecule is CC1=C(C(=O)N[C@H]2C[C@@H](O)CN(C(=O)c3cc(F)ccc3C)C2)OCCO1.O=CO. The lowest BCUT2D eigenvalue weighted by Gasteiger charge is -2.36. The highest BCUT2D eigenvalue weighted by atomic mass is 19.1. The number of aliphatic hydroxyl groups excluding tert-OH is 1. The third-order valence-electron chi connectivity index (χ3n) is 4.66. The van der Waals surface area contributed by atoms with Gasteiger partial charge < -0.3 is 29.9 Å². The first kappa shape index (κ1) is 23.1. The molecule has 0 bridgehead atoms. The molecule has 2 amide bonds. The van der Waals surface area contributed by atoms with Gasteiger partial charge in [0.2, 0.25) is 5.76 Å². The molecule has 1 fully saturated rings. The maximum Gasteiger partial charge on any atom is 0.290 e. The predicted octanol–water partition coefficient (Wildman–Crippen LogP) is 0.805. The van der Waals surface area contributed by atoms with E-state index in [0.717, 1.165) is 0 Å². The summed E-state index contributed by atoms with van der Waals surface area (Å²) in [6.45, 7) is 4.14. The Labute approximate surface area is 173 Å². The fourth-order valence-corrected chi connectivity index (χ4v) is 3.32. The number of hydrogen-bond acceptors (Lipinski definition) is 6. The smallest absolute Gasteiger partial charge is 0.290 e. The number of aryl methyl sites for hydroxylation is 1. The number of ether oxygens (including phenoxy) is 2. The van der Waals surface area contributed by atoms with Gasteiger partial charge in [0.05, 0.1) is 6.10 Å². The van der Waals surface area contributed by atoms with E-state index in [-0.39, 0.29) is 43.4 Å². The van der Waals surface area contributed by atoms with Crippen molar-refractivity contribution in [3.8, 4) is 0 Å². The third kappa shape index (κ3) is 5.93. The molecule has 3 rings (SSSR count). The number of rotatable bonds is 3. The van der Waals surface area contributed by atoms with Crippen LogP contribution in [0, 0.1) is 12.7 Å². The summed E-state index contributed by atoms with van der Waals surface area (Å²) in [6.07, 6.45) is -0.481.